The summed E-state index contributed by atoms with van der Waals surface area (Å²) in [5, 5.41) is 12.2. The van der Waals surface area contributed by atoms with E-state index in [9.17, 15) is 14.4 Å². The molecule has 0 spiro atoms. The lowest BCUT2D eigenvalue weighted by Gasteiger charge is -2.11. The van der Waals surface area contributed by atoms with Crippen LogP contribution in [0.25, 0.3) is 0 Å². The van der Waals surface area contributed by atoms with Crippen LogP contribution in [0, 0.1) is 0 Å². The van der Waals surface area contributed by atoms with E-state index < -0.39 is 0 Å². The van der Waals surface area contributed by atoms with Gasteiger partial charge in [0.2, 0.25) is 5.91 Å². The van der Waals surface area contributed by atoms with Crippen LogP contribution in [-0.4, -0.2) is 52.1 Å². The van der Waals surface area contributed by atoms with Gasteiger partial charge in [0.25, 0.3) is 5.91 Å². The molecule has 1 fully saturated rings. The Bertz CT molecular complexity index is 855. The topological polar surface area (TPSA) is 118 Å². The molecule has 144 valence electrons. The minimum atomic E-state index is -0.307. The van der Waals surface area contributed by atoms with Crippen LogP contribution in [0.1, 0.15) is 23.2 Å². The number of aromatic amines is 1. The van der Waals surface area contributed by atoms with Gasteiger partial charge in [0, 0.05) is 24.9 Å². The number of hydrogen-bond donors (Lipinski definition) is 3. The van der Waals surface area contributed by atoms with Gasteiger partial charge in [0.1, 0.15) is 0 Å². The SMILES string of the molecule is CNC(=O)c1ccc(NC(=O)CSc2n[nH]c(=O)n2CC2CCCO2)cc1. The monoisotopic (exact) mass is 391 g/mol. The number of nitrogens with one attached hydrogen (secondary N) is 3. The maximum atomic E-state index is 12.2. The van der Waals surface area contributed by atoms with Crippen LogP contribution in [0.4, 0.5) is 5.69 Å². The Labute approximate surface area is 159 Å². The molecule has 1 atom stereocenters. The van der Waals surface area contributed by atoms with Crippen LogP contribution < -0.4 is 16.3 Å². The van der Waals surface area contributed by atoms with Crippen LogP contribution in [0.3, 0.4) is 0 Å². The molecule has 10 heteroatoms. The number of thioether (sulfide) groups is 1. The predicted molar refractivity (Wildman–Crippen MR) is 101 cm³/mol. The van der Waals surface area contributed by atoms with Gasteiger partial charge in [-0.05, 0) is 37.1 Å². The molecule has 1 aliphatic rings. The summed E-state index contributed by atoms with van der Waals surface area (Å²) < 4.78 is 7.06. The van der Waals surface area contributed by atoms with Crippen molar-refractivity contribution in [1.29, 1.82) is 0 Å². The smallest absolute Gasteiger partial charge is 0.344 e. The first kappa shape index (κ1) is 19.2. The molecule has 0 bridgehead atoms. The molecule has 1 aromatic carbocycles. The lowest BCUT2D eigenvalue weighted by molar-refractivity contribution is -0.113. The van der Waals surface area contributed by atoms with Gasteiger partial charge in [-0.3, -0.25) is 14.2 Å². The number of H-pyrrole nitrogens is 1. The molecule has 1 aliphatic heterocycles. The molecule has 3 N–H and O–H groups in total. The summed E-state index contributed by atoms with van der Waals surface area (Å²) in [4.78, 5) is 35.6. The van der Waals surface area contributed by atoms with Crippen molar-refractivity contribution in [3.63, 3.8) is 0 Å². The first-order chi connectivity index (χ1) is 13.1. The summed E-state index contributed by atoms with van der Waals surface area (Å²) in [5.41, 5.74) is 0.796. The van der Waals surface area contributed by atoms with Crippen LogP contribution in [0.5, 0.6) is 0 Å². The summed E-state index contributed by atoms with van der Waals surface area (Å²) in [5.74, 6) is -0.314. The van der Waals surface area contributed by atoms with Crippen LogP contribution in [0.2, 0.25) is 0 Å². The second-order valence-electron chi connectivity index (χ2n) is 6.05. The van der Waals surface area contributed by atoms with Crippen molar-refractivity contribution in [1.82, 2.24) is 20.1 Å². The Balaban J connectivity index is 1.55. The number of carbonyl (C=O) groups is 2. The molecule has 1 saturated heterocycles. The Morgan fingerprint density at radius 2 is 2.15 bits per heavy atom. The van der Waals surface area contributed by atoms with E-state index in [1.165, 1.54) is 16.3 Å². The first-order valence-electron chi connectivity index (χ1n) is 8.58. The molecule has 27 heavy (non-hydrogen) atoms. The van der Waals surface area contributed by atoms with Crippen molar-refractivity contribution in [2.45, 2.75) is 30.6 Å². The quantitative estimate of drug-likeness (QED) is 0.602. The number of anilines is 1. The summed E-state index contributed by atoms with van der Waals surface area (Å²) in [6.45, 7) is 1.14. The third-order valence-corrected chi connectivity index (χ3v) is 5.10. The molecule has 2 aromatic rings. The van der Waals surface area contributed by atoms with Gasteiger partial charge < -0.3 is 15.4 Å². The Hall–Kier alpha value is -2.59. The normalized spacial score (nSPS) is 16.3. The Morgan fingerprint density at radius 1 is 1.37 bits per heavy atom. The molecule has 2 heterocycles. The van der Waals surface area contributed by atoms with Crippen molar-refractivity contribution < 1.29 is 14.3 Å². The third-order valence-electron chi connectivity index (χ3n) is 4.12. The minimum absolute atomic E-state index is 0.00677. The van der Waals surface area contributed by atoms with E-state index in [0.29, 0.717) is 29.6 Å². The summed E-state index contributed by atoms with van der Waals surface area (Å²) in [6, 6.07) is 6.59. The van der Waals surface area contributed by atoms with E-state index in [2.05, 4.69) is 20.8 Å². The van der Waals surface area contributed by atoms with Crippen LogP contribution >= 0.6 is 11.8 Å². The molecule has 0 radical (unpaired) electrons. The highest BCUT2D eigenvalue weighted by Crippen LogP contribution is 2.18. The van der Waals surface area contributed by atoms with Crippen molar-refractivity contribution >= 4 is 29.3 Å². The van der Waals surface area contributed by atoms with E-state index in [1.54, 1.807) is 31.3 Å². The van der Waals surface area contributed by atoms with Gasteiger partial charge in [-0.1, -0.05) is 11.8 Å². The molecular formula is C17H21N5O4S. The van der Waals surface area contributed by atoms with E-state index in [-0.39, 0.29) is 29.4 Å². The van der Waals surface area contributed by atoms with Crippen molar-refractivity contribution in [3.8, 4) is 0 Å². The highest BCUT2D eigenvalue weighted by Gasteiger charge is 2.20. The van der Waals surface area contributed by atoms with E-state index in [1.807, 2.05) is 0 Å². The fraction of sp³-hybridized carbons (Fsp3) is 0.412. The molecule has 0 saturated carbocycles. The van der Waals surface area contributed by atoms with Gasteiger partial charge in [-0.2, -0.15) is 0 Å². The molecule has 9 nitrogen and oxygen atoms in total. The highest BCUT2D eigenvalue weighted by atomic mass is 32.2. The molecular weight excluding hydrogens is 370 g/mol. The maximum absolute atomic E-state index is 12.2. The van der Waals surface area contributed by atoms with Gasteiger partial charge in [-0.15, -0.1) is 5.10 Å². The Morgan fingerprint density at radius 3 is 2.81 bits per heavy atom. The lowest BCUT2D eigenvalue weighted by atomic mass is 10.2. The van der Waals surface area contributed by atoms with E-state index in [4.69, 9.17) is 4.74 Å². The van der Waals surface area contributed by atoms with Gasteiger partial charge >= 0.3 is 5.69 Å². The number of rotatable bonds is 7. The maximum Gasteiger partial charge on any atom is 0.344 e. The number of amides is 2. The minimum Gasteiger partial charge on any atom is -0.376 e. The summed E-state index contributed by atoms with van der Waals surface area (Å²) in [7, 11) is 1.56. The summed E-state index contributed by atoms with van der Waals surface area (Å²) in [6.07, 6.45) is 1.90. The second kappa shape index (κ2) is 8.87. The Kier molecular flexibility index (Phi) is 6.30. The number of ether oxygens (including phenoxy) is 1. The van der Waals surface area contributed by atoms with Gasteiger partial charge in [0.15, 0.2) is 5.16 Å². The average Bonchev–Trinajstić information content (AvgIpc) is 3.31. The highest BCUT2D eigenvalue weighted by molar-refractivity contribution is 7.99. The fourth-order valence-electron chi connectivity index (χ4n) is 2.74. The number of aromatic nitrogens is 3. The standard InChI is InChI=1S/C17H21N5O4S/c1-18-15(24)11-4-6-12(7-5-11)19-14(23)10-27-17-21-20-16(25)22(17)9-13-3-2-8-26-13/h4-7,13H,2-3,8-10H2,1H3,(H,18,24)(H,19,23)(H,20,25). The van der Waals surface area contributed by atoms with Crippen LogP contribution in [0.15, 0.2) is 34.2 Å². The molecule has 3 rings (SSSR count). The third kappa shape index (κ3) is 4.98. The number of benzene rings is 1. The number of hydrogen-bond acceptors (Lipinski definition) is 6. The number of carbonyl (C=O) groups excluding carboxylic acids is 2. The largest absolute Gasteiger partial charge is 0.376 e. The lowest BCUT2D eigenvalue weighted by Crippen LogP contribution is -2.25. The van der Waals surface area contributed by atoms with Crippen molar-refractivity contribution in [3.05, 3.63) is 40.3 Å². The molecule has 1 aromatic heterocycles. The van der Waals surface area contributed by atoms with Crippen LogP contribution in [-0.2, 0) is 16.1 Å². The molecule has 2 amide bonds. The summed E-state index contributed by atoms with van der Waals surface area (Å²) >= 11 is 1.18. The fourth-order valence-corrected chi connectivity index (χ4v) is 3.50. The van der Waals surface area contributed by atoms with Gasteiger partial charge in [-0.25, -0.2) is 9.89 Å². The zero-order valence-corrected chi connectivity index (χ0v) is 15.7. The van der Waals surface area contributed by atoms with Crippen molar-refractivity contribution in [2.24, 2.45) is 0 Å². The first-order valence-corrected chi connectivity index (χ1v) is 9.57. The van der Waals surface area contributed by atoms with E-state index in [0.717, 1.165) is 12.8 Å². The number of nitrogens with zero attached hydrogens (tertiary/aromatic N) is 2. The van der Waals surface area contributed by atoms with E-state index >= 15 is 0 Å². The van der Waals surface area contributed by atoms with Gasteiger partial charge in [0.05, 0.1) is 18.4 Å². The second-order valence-corrected chi connectivity index (χ2v) is 6.99. The zero-order valence-electron chi connectivity index (χ0n) is 14.9. The van der Waals surface area contributed by atoms with Crippen molar-refractivity contribution in [2.75, 3.05) is 24.7 Å². The average molecular weight is 391 g/mol. The molecule has 0 aliphatic carbocycles. The predicted octanol–water partition coefficient (Wildman–Crippen LogP) is 0.841. The molecule has 1 unspecified atom stereocenters. The zero-order chi connectivity index (χ0) is 19.2.